The minimum Gasteiger partial charge on any atom is -0.387 e. The molecule has 5 heteroatoms. The first-order chi connectivity index (χ1) is 11.2. The first-order valence-corrected chi connectivity index (χ1v) is 8.36. The number of likely N-dealkylation sites (tertiary alicyclic amines) is 1. The summed E-state index contributed by atoms with van der Waals surface area (Å²) in [6.07, 6.45) is 0.703. The molecule has 3 atom stereocenters. The van der Waals surface area contributed by atoms with Crippen LogP contribution in [-0.4, -0.2) is 34.2 Å². The van der Waals surface area contributed by atoms with E-state index >= 15 is 0 Å². The molecule has 1 unspecified atom stereocenters. The Balaban J connectivity index is 0.00000169. The van der Waals surface area contributed by atoms with Gasteiger partial charge < -0.3 is 9.67 Å². The van der Waals surface area contributed by atoms with Crippen LogP contribution in [0.4, 0.5) is 0 Å². The summed E-state index contributed by atoms with van der Waals surface area (Å²) in [5.41, 5.74) is 2.25. The lowest BCUT2D eigenvalue weighted by atomic mass is 9.83. The van der Waals surface area contributed by atoms with E-state index < -0.39 is 6.10 Å². The Morgan fingerprint density at radius 2 is 1.83 bits per heavy atom. The Kier molecular flexibility index (Phi) is 5.09. The van der Waals surface area contributed by atoms with Crippen LogP contribution in [0.25, 0.3) is 0 Å². The van der Waals surface area contributed by atoms with Crippen molar-refractivity contribution in [1.82, 2.24) is 9.47 Å². The first kappa shape index (κ1) is 17.2. The molecule has 4 nitrogen and oxygen atoms in total. The molecule has 2 aliphatic rings. The Labute approximate surface area is 148 Å². The predicted octanol–water partition coefficient (Wildman–Crippen LogP) is 2.42. The number of fused-ring (bicyclic) bond motifs is 4. The lowest BCUT2D eigenvalue weighted by Crippen LogP contribution is -2.48. The van der Waals surface area contributed by atoms with E-state index in [4.69, 9.17) is 0 Å². The third kappa shape index (κ3) is 3.27. The largest absolute Gasteiger partial charge is 0.387 e. The van der Waals surface area contributed by atoms with Gasteiger partial charge >= 0.3 is 0 Å². The van der Waals surface area contributed by atoms with Crippen LogP contribution in [0.15, 0.2) is 53.3 Å². The number of nitrogens with zero attached hydrogens (tertiary/aromatic N) is 2. The number of aliphatic hydroxyl groups excluding tert-OH is 1. The van der Waals surface area contributed by atoms with Crippen LogP contribution in [0, 0.1) is 5.92 Å². The average molecular weight is 347 g/mol. The molecule has 0 amide bonds. The molecular weight excluding hydrogens is 324 g/mol. The molecule has 1 N–H and O–H groups in total. The van der Waals surface area contributed by atoms with E-state index in [1.54, 1.807) is 6.07 Å². The van der Waals surface area contributed by atoms with E-state index in [9.17, 15) is 9.90 Å². The monoisotopic (exact) mass is 346 g/mol. The highest BCUT2D eigenvalue weighted by Gasteiger charge is 2.34. The second-order valence-corrected chi connectivity index (χ2v) is 6.84. The maximum Gasteiger partial charge on any atom is 0.250 e. The van der Waals surface area contributed by atoms with Crippen molar-refractivity contribution in [3.63, 3.8) is 0 Å². The highest BCUT2D eigenvalue weighted by atomic mass is 35.5. The second kappa shape index (κ2) is 7.09. The maximum atomic E-state index is 12.0. The van der Waals surface area contributed by atoms with Crippen LogP contribution in [0.2, 0.25) is 0 Å². The number of aromatic nitrogens is 1. The quantitative estimate of drug-likeness (QED) is 0.928. The normalized spacial score (nSPS) is 23.9. The van der Waals surface area contributed by atoms with Crippen molar-refractivity contribution in [2.24, 2.45) is 5.92 Å². The topological polar surface area (TPSA) is 45.5 Å². The molecule has 128 valence electrons. The number of piperidine rings is 1. The number of hydrogen-bond donors (Lipinski definition) is 1. The fraction of sp³-hybridized carbons (Fsp3) is 0.421. The molecule has 2 aliphatic heterocycles. The highest BCUT2D eigenvalue weighted by Crippen LogP contribution is 2.35. The van der Waals surface area contributed by atoms with Gasteiger partial charge in [0.25, 0.3) is 5.56 Å². The fourth-order valence-corrected chi connectivity index (χ4v) is 4.17. The standard InChI is InChI=1S/C19H22N2O2.ClH/c22-18(15-5-2-1-3-6-15)13-20-10-14-9-16(12-20)17-7-4-8-19(23)21(17)11-14;/h1-8,14,16,18,22H,9-13H2;1H/t14-,16+,18?;/m0./s1. The lowest BCUT2D eigenvalue weighted by Gasteiger charge is -2.43. The summed E-state index contributed by atoms with van der Waals surface area (Å²) in [6.45, 7) is 3.35. The third-order valence-corrected chi connectivity index (χ3v) is 5.17. The average Bonchev–Trinajstić information content (AvgIpc) is 2.57. The molecule has 3 heterocycles. The number of rotatable bonds is 3. The van der Waals surface area contributed by atoms with Gasteiger partial charge in [0.05, 0.1) is 6.10 Å². The van der Waals surface area contributed by atoms with Crippen molar-refractivity contribution >= 4 is 12.4 Å². The first-order valence-electron chi connectivity index (χ1n) is 8.36. The van der Waals surface area contributed by atoms with E-state index in [0.717, 1.165) is 37.3 Å². The zero-order valence-corrected chi connectivity index (χ0v) is 14.4. The SMILES string of the molecule is Cl.O=c1cccc2n1C[C@H]1C[C@@H]2CN(CC(O)c2ccccc2)C1. The van der Waals surface area contributed by atoms with Gasteiger partial charge in [-0.25, -0.2) is 0 Å². The molecule has 1 aromatic heterocycles. The van der Waals surface area contributed by atoms with Gasteiger partial charge in [0.1, 0.15) is 0 Å². The van der Waals surface area contributed by atoms with Crippen molar-refractivity contribution in [2.75, 3.05) is 19.6 Å². The van der Waals surface area contributed by atoms with Crippen LogP contribution < -0.4 is 5.56 Å². The number of hydrogen-bond acceptors (Lipinski definition) is 3. The van der Waals surface area contributed by atoms with E-state index in [0.29, 0.717) is 18.4 Å². The summed E-state index contributed by atoms with van der Waals surface area (Å²) in [4.78, 5) is 14.4. The zero-order chi connectivity index (χ0) is 15.8. The van der Waals surface area contributed by atoms with Crippen molar-refractivity contribution in [3.05, 3.63) is 70.1 Å². The molecule has 2 aromatic rings. The van der Waals surface area contributed by atoms with E-state index in [1.165, 1.54) is 0 Å². The fourth-order valence-electron chi connectivity index (χ4n) is 4.17. The smallest absolute Gasteiger partial charge is 0.250 e. The number of benzene rings is 1. The summed E-state index contributed by atoms with van der Waals surface area (Å²) in [6, 6.07) is 15.5. The van der Waals surface area contributed by atoms with Gasteiger partial charge in [-0.15, -0.1) is 12.4 Å². The van der Waals surface area contributed by atoms with Gasteiger partial charge in [-0.3, -0.25) is 9.69 Å². The third-order valence-electron chi connectivity index (χ3n) is 5.17. The number of aliphatic hydroxyl groups is 1. The molecule has 0 radical (unpaired) electrons. The van der Waals surface area contributed by atoms with Gasteiger partial charge in [-0.2, -0.15) is 0 Å². The second-order valence-electron chi connectivity index (χ2n) is 6.84. The molecule has 4 rings (SSSR count). The van der Waals surface area contributed by atoms with Gasteiger partial charge in [0.15, 0.2) is 0 Å². The van der Waals surface area contributed by atoms with E-state index in [-0.39, 0.29) is 18.0 Å². The molecule has 0 spiro atoms. The van der Waals surface area contributed by atoms with Gasteiger partial charge in [-0.1, -0.05) is 36.4 Å². The molecule has 24 heavy (non-hydrogen) atoms. The lowest BCUT2D eigenvalue weighted by molar-refractivity contribution is 0.0621. The summed E-state index contributed by atoms with van der Waals surface area (Å²) in [7, 11) is 0. The summed E-state index contributed by atoms with van der Waals surface area (Å²) >= 11 is 0. The van der Waals surface area contributed by atoms with Crippen molar-refractivity contribution in [2.45, 2.75) is 25.0 Å². The van der Waals surface area contributed by atoms with Crippen LogP contribution in [0.1, 0.15) is 29.7 Å². The summed E-state index contributed by atoms with van der Waals surface area (Å²) < 4.78 is 1.95. The van der Waals surface area contributed by atoms with E-state index in [1.807, 2.05) is 41.0 Å². The van der Waals surface area contributed by atoms with Gasteiger partial charge in [-0.05, 0) is 24.0 Å². The minimum absolute atomic E-state index is 0. The molecule has 2 bridgehead atoms. The van der Waals surface area contributed by atoms with Crippen LogP contribution >= 0.6 is 12.4 Å². The molecule has 0 saturated carbocycles. The molecule has 1 aromatic carbocycles. The Morgan fingerprint density at radius 1 is 1.04 bits per heavy atom. The number of β-amino-alcohol motifs (C(OH)–C–C–N with tert-alkyl or cyclic N) is 1. The molecule has 1 fully saturated rings. The minimum atomic E-state index is -0.451. The Morgan fingerprint density at radius 3 is 2.62 bits per heavy atom. The number of halogens is 1. The molecule has 1 saturated heterocycles. The highest BCUT2D eigenvalue weighted by molar-refractivity contribution is 5.85. The van der Waals surface area contributed by atoms with Gasteiger partial charge in [0, 0.05) is 43.9 Å². The van der Waals surface area contributed by atoms with Crippen molar-refractivity contribution < 1.29 is 5.11 Å². The Hall–Kier alpha value is -1.62. The molecular formula is C19H23ClN2O2. The van der Waals surface area contributed by atoms with Gasteiger partial charge in [0.2, 0.25) is 0 Å². The summed E-state index contributed by atoms with van der Waals surface area (Å²) in [5, 5.41) is 10.5. The predicted molar refractivity (Wildman–Crippen MR) is 96.6 cm³/mol. The van der Waals surface area contributed by atoms with E-state index in [2.05, 4.69) is 11.0 Å². The van der Waals surface area contributed by atoms with Crippen LogP contribution in [0.3, 0.4) is 0 Å². The van der Waals surface area contributed by atoms with Crippen LogP contribution in [-0.2, 0) is 6.54 Å². The molecule has 0 aliphatic carbocycles. The van der Waals surface area contributed by atoms with Crippen LogP contribution in [0.5, 0.6) is 0 Å². The summed E-state index contributed by atoms with van der Waals surface area (Å²) in [5.74, 6) is 0.906. The maximum absolute atomic E-state index is 12.0. The van der Waals surface area contributed by atoms with Crippen molar-refractivity contribution in [1.29, 1.82) is 0 Å². The zero-order valence-electron chi connectivity index (χ0n) is 13.5. The van der Waals surface area contributed by atoms with Crippen molar-refractivity contribution in [3.8, 4) is 0 Å². The Bertz CT molecular complexity index is 747. The number of pyridine rings is 1.